The molecule has 0 bridgehead atoms. The number of hydrogen-bond acceptors (Lipinski definition) is 6. The van der Waals surface area contributed by atoms with Gasteiger partial charge in [-0.2, -0.15) is 0 Å². The first kappa shape index (κ1) is 23.4. The van der Waals surface area contributed by atoms with Gasteiger partial charge in [-0.15, -0.1) is 0 Å². The molecule has 1 unspecified atom stereocenters. The summed E-state index contributed by atoms with van der Waals surface area (Å²) in [6, 6.07) is 7.56. The quantitative estimate of drug-likeness (QED) is 0.484. The maximum Gasteiger partial charge on any atom is 0.414 e. The summed E-state index contributed by atoms with van der Waals surface area (Å²) in [6.45, 7) is 6.50. The van der Waals surface area contributed by atoms with Gasteiger partial charge >= 0.3 is 11.9 Å². The number of anilines is 1. The number of nitrogens with one attached hydrogen (secondary N) is 2. The van der Waals surface area contributed by atoms with Gasteiger partial charge in [-0.05, 0) is 57.1 Å². The Hall–Kier alpha value is -2.65. The van der Waals surface area contributed by atoms with E-state index >= 15 is 0 Å². The Kier molecular flexibility index (Phi) is 10.6. The predicted molar refractivity (Wildman–Crippen MR) is 105 cm³/mol. The number of rotatable bonds is 8. The van der Waals surface area contributed by atoms with Crippen LogP contribution in [0.2, 0.25) is 0 Å². The Morgan fingerprint density at radius 2 is 1.68 bits per heavy atom. The van der Waals surface area contributed by atoms with Gasteiger partial charge in [0.2, 0.25) is 5.91 Å². The van der Waals surface area contributed by atoms with E-state index in [0.717, 1.165) is 24.5 Å². The lowest BCUT2D eigenvalue weighted by Crippen LogP contribution is -2.36. The number of hydrogen-bond donors (Lipinski definition) is 4. The number of ether oxygens (including phenoxy) is 1. The average Bonchev–Trinajstić information content (AvgIpc) is 3.16. The predicted octanol–water partition coefficient (Wildman–Crippen LogP) is 1.25. The van der Waals surface area contributed by atoms with Crippen molar-refractivity contribution in [2.45, 2.75) is 32.2 Å². The number of carboxylic acids is 2. The van der Waals surface area contributed by atoms with E-state index in [1.165, 1.54) is 25.9 Å². The molecule has 9 nitrogen and oxygen atoms in total. The second-order valence-electron chi connectivity index (χ2n) is 6.50. The van der Waals surface area contributed by atoms with Crippen LogP contribution in [-0.2, 0) is 14.4 Å². The minimum Gasteiger partial charge on any atom is -0.497 e. The van der Waals surface area contributed by atoms with E-state index in [4.69, 9.17) is 24.5 Å². The Labute approximate surface area is 164 Å². The molecule has 0 saturated carbocycles. The highest BCUT2D eigenvalue weighted by Crippen LogP contribution is 2.15. The van der Waals surface area contributed by atoms with Crippen LogP contribution in [0.15, 0.2) is 24.3 Å². The molecule has 1 aliphatic rings. The SMILES string of the molecule is COc1ccc(NC(=O)CC(C)NCCN2CCCC2)cc1.O=C(O)C(=O)O. The molecule has 0 spiro atoms. The van der Waals surface area contributed by atoms with Gasteiger partial charge < -0.3 is 30.5 Å². The zero-order valence-corrected chi connectivity index (χ0v) is 16.3. The first-order valence-electron chi connectivity index (χ1n) is 9.17. The molecule has 0 aromatic heterocycles. The van der Waals surface area contributed by atoms with Crippen molar-refractivity contribution in [1.29, 1.82) is 0 Å². The third kappa shape index (κ3) is 9.89. The molecule has 0 radical (unpaired) electrons. The van der Waals surface area contributed by atoms with Crippen LogP contribution in [0, 0.1) is 0 Å². The number of aliphatic carboxylic acids is 2. The number of methoxy groups -OCH3 is 1. The van der Waals surface area contributed by atoms with E-state index < -0.39 is 11.9 Å². The molecule has 1 amide bonds. The van der Waals surface area contributed by atoms with E-state index in [2.05, 4.69) is 22.5 Å². The lowest BCUT2D eigenvalue weighted by molar-refractivity contribution is -0.159. The lowest BCUT2D eigenvalue weighted by Gasteiger charge is -2.18. The van der Waals surface area contributed by atoms with Gasteiger partial charge in [0.05, 0.1) is 7.11 Å². The van der Waals surface area contributed by atoms with Crippen molar-refractivity contribution in [2.24, 2.45) is 0 Å². The normalized spacial score (nSPS) is 14.5. The van der Waals surface area contributed by atoms with E-state index in [0.29, 0.717) is 6.42 Å². The molecule has 1 atom stereocenters. The first-order chi connectivity index (χ1) is 13.3. The van der Waals surface area contributed by atoms with E-state index in [1.807, 2.05) is 24.3 Å². The maximum atomic E-state index is 12.0. The molecule has 1 aromatic rings. The highest BCUT2D eigenvalue weighted by molar-refractivity contribution is 6.27. The van der Waals surface area contributed by atoms with Gasteiger partial charge in [0.25, 0.3) is 0 Å². The Morgan fingerprint density at radius 3 is 2.18 bits per heavy atom. The summed E-state index contributed by atoms with van der Waals surface area (Å²) < 4.78 is 5.10. The topological polar surface area (TPSA) is 128 Å². The molecule has 156 valence electrons. The summed E-state index contributed by atoms with van der Waals surface area (Å²) in [5.41, 5.74) is 0.801. The fourth-order valence-corrected chi connectivity index (χ4v) is 2.71. The molecule has 1 saturated heterocycles. The summed E-state index contributed by atoms with van der Waals surface area (Å²) >= 11 is 0. The Bertz CT molecular complexity index is 617. The Balaban J connectivity index is 0.000000568. The molecule has 1 fully saturated rings. The van der Waals surface area contributed by atoms with Gasteiger partial charge in [-0.25, -0.2) is 9.59 Å². The largest absolute Gasteiger partial charge is 0.497 e. The monoisotopic (exact) mass is 395 g/mol. The summed E-state index contributed by atoms with van der Waals surface area (Å²) in [7, 11) is 1.63. The third-order valence-electron chi connectivity index (χ3n) is 4.17. The van der Waals surface area contributed by atoms with Crippen molar-refractivity contribution >= 4 is 23.5 Å². The van der Waals surface area contributed by atoms with E-state index in [9.17, 15) is 4.79 Å². The van der Waals surface area contributed by atoms with Crippen molar-refractivity contribution in [3.63, 3.8) is 0 Å². The van der Waals surface area contributed by atoms with Crippen molar-refractivity contribution in [1.82, 2.24) is 10.2 Å². The van der Waals surface area contributed by atoms with Crippen LogP contribution in [-0.4, -0.2) is 72.3 Å². The summed E-state index contributed by atoms with van der Waals surface area (Å²) in [4.78, 5) is 32.7. The maximum absolute atomic E-state index is 12.0. The van der Waals surface area contributed by atoms with E-state index in [-0.39, 0.29) is 11.9 Å². The molecule has 1 aromatic carbocycles. The van der Waals surface area contributed by atoms with Crippen molar-refractivity contribution in [3.05, 3.63) is 24.3 Å². The summed E-state index contributed by atoms with van der Waals surface area (Å²) in [5.74, 6) is -2.83. The molecular formula is C19H29N3O6. The van der Waals surface area contributed by atoms with Crippen LogP contribution in [0.1, 0.15) is 26.2 Å². The molecule has 4 N–H and O–H groups in total. The molecule has 0 aliphatic carbocycles. The zero-order chi connectivity index (χ0) is 20.9. The second-order valence-corrected chi connectivity index (χ2v) is 6.50. The van der Waals surface area contributed by atoms with Crippen molar-refractivity contribution in [3.8, 4) is 5.75 Å². The molecule has 2 rings (SSSR count). The smallest absolute Gasteiger partial charge is 0.414 e. The molecule has 1 heterocycles. The minimum atomic E-state index is -1.82. The minimum absolute atomic E-state index is 0.0336. The zero-order valence-electron chi connectivity index (χ0n) is 16.3. The Morgan fingerprint density at radius 1 is 1.11 bits per heavy atom. The van der Waals surface area contributed by atoms with Gasteiger partial charge in [-0.3, -0.25) is 4.79 Å². The fraction of sp³-hybridized carbons (Fsp3) is 0.526. The lowest BCUT2D eigenvalue weighted by atomic mass is 10.2. The van der Waals surface area contributed by atoms with Gasteiger partial charge in [0.1, 0.15) is 5.75 Å². The fourth-order valence-electron chi connectivity index (χ4n) is 2.71. The van der Waals surface area contributed by atoms with Crippen LogP contribution < -0.4 is 15.4 Å². The highest BCUT2D eigenvalue weighted by atomic mass is 16.5. The van der Waals surface area contributed by atoms with Crippen LogP contribution in [0.5, 0.6) is 5.75 Å². The van der Waals surface area contributed by atoms with Crippen LogP contribution in [0.25, 0.3) is 0 Å². The number of carbonyl (C=O) groups is 3. The number of amides is 1. The number of carbonyl (C=O) groups excluding carboxylic acids is 1. The molecule has 9 heteroatoms. The summed E-state index contributed by atoms with van der Waals surface area (Å²) in [5, 5.41) is 21.1. The molecule has 1 aliphatic heterocycles. The number of benzene rings is 1. The number of likely N-dealkylation sites (tertiary alicyclic amines) is 1. The van der Waals surface area contributed by atoms with Crippen molar-refractivity contribution in [2.75, 3.05) is 38.6 Å². The summed E-state index contributed by atoms with van der Waals surface area (Å²) in [6.07, 6.45) is 3.12. The van der Waals surface area contributed by atoms with Crippen molar-refractivity contribution < 1.29 is 29.3 Å². The average molecular weight is 395 g/mol. The number of nitrogens with zero attached hydrogens (tertiary/aromatic N) is 1. The standard InChI is InChI=1S/C17H27N3O2.C2H2O4/c1-14(18-9-12-20-10-3-4-11-20)13-17(21)19-15-5-7-16(22-2)8-6-15;3-1(4)2(5)6/h5-8,14,18H,3-4,9-13H2,1-2H3,(H,19,21);(H,3,4)(H,5,6). The van der Waals surface area contributed by atoms with Crippen LogP contribution in [0.3, 0.4) is 0 Å². The highest BCUT2D eigenvalue weighted by Gasteiger charge is 2.12. The van der Waals surface area contributed by atoms with Gasteiger partial charge in [-0.1, -0.05) is 0 Å². The second kappa shape index (κ2) is 12.7. The van der Waals surface area contributed by atoms with Crippen LogP contribution in [0.4, 0.5) is 5.69 Å². The van der Waals surface area contributed by atoms with Gasteiger partial charge in [0.15, 0.2) is 0 Å². The van der Waals surface area contributed by atoms with Crippen LogP contribution >= 0.6 is 0 Å². The molecular weight excluding hydrogens is 366 g/mol. The van der Waals surface area contributed by atoms with E-state index in [1.54, 1.807) is 7.11 Å². The number of carboxylic acid groups (broad SMARTS) is 2. The molecule has 28 heavy (non-hydrogen) atoms. The third-order valence-corrected chi connectivity index (χ3v) is 4.17. The van der Waals surface area contributed by atoms with Gasteiger partial charge in [0, 0.05) is 31.2 Å². The first-order valence-corrected chi connectivity index (χ1v) is 9.17.